The summed E-state index contributed by atoms with van der Waals surface area (Å²) in [7, 11) is 0. The second-order valence-electron chi connectivity index (χ2n) is 6.00. The number of fused-ring (bicyclic) bond motifs is 1. The first-order chi connectivity index (χ1) is 10.4. The summed E-state index contributed by atoms with van der Waals surface area (Å²) >= 11 is 0.609. The number of alkyl halides is 3. The lowest BCUT2D eigenvalue weighted by Crippen LogP contribution is -2.41. The first kappa shape index (κ1) is 15.7. The molecular formula is C14H17F3N2O2S. The molecule has 1 aromatic heterocycles. The fourth-order valence-electron chi connectivity index (χ4n) is 3.71. The summed E-state index contributed by atoms with van der Waals surface area (Å²) in [6.45, 7) is 0.242. The molecule has 2 heterocycles. The van der Waals surface area contributed by atoms with E-state index < -0.39 is 23.2 Å². The van der Waals surface area contributed by atoms with Crippen molar-refractivity contribution in [3.8, 4) is 0 Å². The Morgan fingerprint density at radius 3 is 2.77 bits per heavy atom. The third-order valence-corrected chi connectivity index (χ3v) is 5.67. The van der Waals surface area contributed by atoms with Crippen LogP contribution in [0.15, 0.2) is 6.20 Å². The highest BCUT2D eigenvalue weighted by Gasteiger charge is 2.45. The van der Waals surface area contributed by atoms with Crippen LogP contribution in [0.2, 0.25) is 0 Å². The van der Waals surface area contributed by atoms with Gasteiger partial charge in [0.1, 0.15) is 6.04 Å². The van der Waals surface area contributed by atoms with Crippen LogP contribution in [0.1, 0.15) is 42.0 Å². The quantitative estimate of drug-likeness (QED) is 0.921. The average Bonchev–Trinajstić information content (AvgIpc) is 3.04. The number of rotatable bonds is 3. The summed E-state index contributed by atoms with van der Waals surface area (Å²) < 4.78 is 37.9. The second-order valence-corrected chi connectivity index (χ2v) is 7.12. The Bertz CT molecular complexity index is 561. The van der Waals surface area contributed by atoms with Gasteiger partial charge in [0.15, 0.2) is 5.01 Å². The molecule has 0 radical (unpaired) electrons. The van der Waals surface area contributed by atoms with Crippen molar-refractivity contribution >= 4 is 17.3 Å². The average molecular weight is 334 g/mol. The number of carboxylic acid groups (broad SMARTS) is 1. The molecule has 22 heavy (non-hydrogen) atoms. The maximum Gasteiger partial charge on any atom is 0.443 e. The SMILES string of the molecule is O=C(O)C1CC2CCCCC2N1Cc1cnc(C(F)(F)F)s1. The predicted molar refractivity (Wildman–Crippen MR) is 74.4 cm³/mol. The number of nitrogens with zero attached hydrogens (tertiary/aromatic N) is 2. The van der Waals surface area contributed by atoms with Gasteiger partial charge < -0.3 is 5.11 Å². The highest BCUT2D eigenvalue weighted by atomic mass is 32.1. The number of halogens is 3. The van der Waals surface area contributed by atoms with Gasteiger partial charge >= 0.3 is 12.1 Å². The van der Waals surface area contributed by atoms with Gasteiger partial charge in [-0.3, -0.25) is 9.69 Å². The molecule has 0 bridgehead atoms. The molecule has 1 aliphatic heterocycles. The monoisotopic (exact) mass is 334 g/mol. The van der Waals surface area contributed by atoms with Gasteiger partial charge in [0, 0.05) is 23.7 Å². The second kappa shape index (κ2) is 5.81. The number of hydrogen-bond acceptors (Lipinski definition) is 4. The lowest BCUT2D eigenvalue weighted by Gasteiger charge is -2.32. The predicted octanol–water partition coefficient (Wildman–Crippen LogP) is 3.38. The standard InChI is InChI=1S/C14H17F3N2O2S/c15-14(16,17)13-18-6-9(22-13)7-19-10-4-2-1-3-8(10)5-11(19)12(20)21/h6,8,10-11H,1-5,7H2,(H,20,21). The number of hydrogen-bond donors (Lipinski definition) is 1. The van der Waals surface area contributed by atoms with E-state index in [2.05, 4.69) is 4.98 Å². The summed E-state index contributed by atoms with van der Waals surface area (Å²) in [6.07, 6.45) is 1.50. The van der Waals surface area contributed by atoms with E-state index in [1.165, 1.54) is 6.20 Å². The molecule has 1 saturated heterocycles. The van der Waals surface area contributed by atoms with Crippen LogP contribution in [0.3, 0.4) is 0 Å². The Morgan fingerprint density at radius 1 is 1.41 bits per heavy atom. The molecule has 0 aromatic carbocycles. The van der Waals surface area contributed by atoms with Crippen LogP contribution in [0.25, 0.3) is 0 Å². The molecule has 3 atom stereocenters. The van der Waals surface area contributed by atoms with Crippen molar-refractivity contribution < 1.29 is 23.1 Å². The molecule has 0 amide bonds. The minimum Gasteiger partial charge on any atom is -0.480 e. The van der Waals surface area contributed by atoms with Crippen molar-refractivity contribution in [2.45, 2.75) is 56.9 Å². The smallest absolute Gasteiger partial charge is 0.443 e. The van der Waals surface area contributed by atoms with Gasteiger partial charge in [-0.1, -0.05) is 12.8 Å². The van der Waals surface area contributed by atoms with E-state index in [1.807, 2.05) is 4.90 Å². The molecule has 1 N–H and O–H groups in total. The lowest BCUT2D eigenvalue weighted by molar-refractivity contribution is -0.143. The number of aromatic nitrogens is 1. The van der Waals surface area contributed by atoms with Crippen LogP contribution in [0.4, 0.5) is 13.2 Å². The summed E-state index contributed by atoms with van der Waals surface area (Å²) in [6, 6.07) is -0.421. The van der Waals surface area contributed by atoms with Gasteiger partial charge in [0.2, 0.25) is 0 Å². The van der Waals surface area contributed by atoms with Crippen LogP contribution in [0.5, 0.6) is 0 Å². The minimum atomic E-state index is -4.44. The van der Waals surface area contributed by atoms with Gasteiger partial charge in [-0.2, -0.15) is 13.2 Å². The molecule has 2 fully saturated rings. The van der Waals surface area contributed by atoms with E-state index in [4.69, 9.17) is 0 Å². The fraction of sp³-hybridized carbons (Fsp3) is 0.714. The number of thiazole rings is 1. The van der Waals surface area contributed by atoms with Crippen LogP contribution >= 0.6 is 11.3 Å². The first-order valence-electron chi connectivity index (χ1n) is 7.36. The maximum atomic E-state index is 12.6. The van der Waals surface area contributed by atoms with Crippen molar-refractivity contribution in [1.29, 1.82) is 0 Å². The van der Waals surface area contributed by atoms with Crippen LogP contribution in [-0.4, -0.2) is 33.0 Å². The van der Waals surface area contributed by atoms with Crippen molar-refractivity contribution in [1.82, 2.24) is 9.88 Å². The normalized spacial score (nSPS) is 29.5. The number of likely N-dealkylation sites (tertiary alicyclic amines) is 1. The van der Waals surface area contributed by atoms with Gasteiger partial charge in [0.05, 0.1) is 0 Å². The Labute approximate surface area is 130 Å². The van der Waals surface area contributed by atoms with Crippen LogP contribution < -0.4 is 0 Å². The van der Waals surface area contributed by atoms with Gasteiger partial charge in [-0.25, -0.2) is 4.98 Å². The molecule has 3 rings (SSSR count). The van der Waals surface area contributed by atoms with Crippen LogP contribution in [0, 0.1) is 5.92 Å². The number of carbonyl (C=O) groups is 1. The third-order valence-electron chi connectivity index (χ3n) is 4.64. The third kappa shape index (κ3) is 2.99. The maximum absolute atomic E-state index is 12.6. The molecule has 0 spiro atoms. The molecule has 8 heteroatoms. The first-order valence-corrected chi connectivity index (χ1v) is 8.18. The molecule has 122 valence electrons. The Hall–Kier alpha value is -1.15. The summed E-state index contributed by atoms with van der Waals surface area (Å²) in [5, 5.41) is 8.54. The van der Waals surface area contributed by atoms with Crippen molar-refractivity contribution in [3.05, 3.63) is 16.1 Å². The van der Waals surface area contributed by atoms with Crippen molar-refractivity contribution in [3.63, 3.8) is 0 Å². The van der Waals surface area contributed by atoms with E-state index in [-0.39, 0.29) is 12.6 Å². The topological polar surface area (TPSA) is 53.4 Å². The largest absolute Gasteiger partial charge is 0.480 e. The minimum absolute atomic E-state index is 0.172. The highest BCUT2D eigenvalue weighted by Crippen LogP contribution is 2.41. The molecular weight excluding hydrogens is 317 g/mol. The molecule has 1 aromatic rings. The zero-order valence-electron chi connectivity index (χ0n) is 11.8. The Balaban J connectivity index is 1.79. The van der Waals surface area contributed by atoms with E-state index in [0.29, 0.717) is 28.6 Å². The van der Waals surface area contributed by atoms with Gasteiger partial charge in [-0.15, -0.1) is 11.3 Å². The zero-order valence-corrected chi connectivity index (χ0v) is 12.7. The van der Waals surface area contributed by atoms with E-state index in [0.717, 1.165) is 25.7 Å². The number of aliphatic carboxylic acids is 1. The molecule has 3 unspecified atom stereocenters. The Kier molecular flexibility index (Phi) is 4.15. The molecule has 2 aliphatic rings. The van der Waals surface area contributed by atoms with Crippen LogP contribution in [-0.2, 0) is 17.5 Å². The Morgan fingerprint density at radius 2 is 2.14 bits per heavy atom. The van der Waals surface area contributed by atoms with E-state index in [1.54, 1.807) is 0 Å². The molecule has 1 saturated carbocycles. The lowest BCUT2D eigenvalue weighted by atomic mass is 9.85. The molecule has 4 nitrogen and oxygen atoms in total. The van der Waals surface area contributed by atoms with Gasteiger partial charge in [0.25, 0.3) is 0 Å². The van der Waals surface area contributed by atoms with Crippen molar-refractivity contribution in [2.75, 3.05) is 0 Å². The van der Waals surface area contributed by atoms with Gasteiger partial charge in [-0.05, 0) is 25.2 Å². The zero-order chi connectivity index (χ0) is 15.9. The van der Waals surface area contributed by atoms with Crippen molar-refractivity contribution in [2.24, 2.45) is 5.92 Å². The summed E-state index contributed by atoms with van der Waals surface area (Å²) in [5.74, 6) is -0.528. The summed E-state index contributed by atoms with van der Waals surface area (Å²) in [5.41, 5.74) is 0. The highest BCUT2D eigenvalue weighted by molar-refractivity contribution is 7.11. The fourth-order valence-corrected chi connectivity index (χ4v) is 4.50. The number of carboxylic acids is 1. The van der Waals surface area contributed by atoms with E-state index >= 15 is 0 Å². The summed E-state index contributed by atoms with van der Waals surface area (Å²) in [4.78, 5) is 17.3. The van der Waals surface area contributed by atoms with E-state index in [9.17, 15) is 23.1 Å². The molecule has 1 aliphatic carbocycles.